The van der Waals surface area contributed by atoms with Crippen LogP contribution >= 0.6 is 11.6 Å². The van der Waals surface area contributed by atoms with E-state index < -0.39 is 12.0 Å². The van der Waals surface area contributed by atoms with E-state index in [4.69, 9.17) is 11.6 Å². The van der Waals surface area contributed by atoms with Crippen LogP contribution in [0.1, 0.15) is 17.2 Å². The predicted molar refractivity (Wildman–Crippen MR) is 111 cm³/mol. The van der Waals surface area contributed by atoms with Gasteiger partial charge in [-0.2, -0.15) is 10.2 Å². The average molecular weight is 409 g/mol. The lowest BCUT2D eigenvalue weighted by molar-refractivity contribution is -0.129. The molecular weight excluding hydrogens is 392 g/mol. The third kappa shape index (κ3) is 5.47. The van der Waals surface area contributed by atoms with Gasteiger partial charge in [-0.15, -0.1) is 5.11 Å². The molecule has 8 heteroatoms. The molecule has 0 aliphatic rings. The van der Waals surface area contributed by atoms with Crippen LogP contribution in [0, 0.1) is 0 Å². The number of phenols is 1. The Hall–Kier alpha value is -3.55. The van der Waals surface area contributed by atoms with E-state index in [1.165, 1.54) is 12.3 Å². The molecule has 3 aromatic rings. The standard InChI is InChI=1S/C21H17ClN4O3/c22-17-8-4-5-9-18(17)25-24-16-10-11-19(27)15(12-16)13-23-26-21(29)20(28)14-6-2-1-3-7-14/h1-13,20,27-28H,(H,26,29)/b23-13+,25-24?. The lowest BCUT2D eigenvalue weighted by Crippen LogP contribution is -2.25. The largest absolute Gasteiger partial charge is 0.507 e. The molecule has 0 aliphatic heterocycles. The Morgan fingerprint density at radius 1 is 1.00 bits per heavy atom. The zero-order valence-corrected chi connectivity index (χ0v) is 15.9. The van der Waals surface area contributed by atoms with E-state index >= 15 is 0 Å². The second-order valence-electron chi connectivity index (χ2n) is 5.94. The number of nitrogens with one attached hydrogen (secondary N) is 1. The molecule has 1 unspecified atom stereocenters. The Balaban J connectivity index is 1.68. The monoisotopic (exact) mass is 408 g/mol. The Morgan fingerprint density at radius 3 is 2.48 bits per heavy atom. The number of aliphatic hydroxyl groups excluding tert-OH is 1. The molecule has 3 rings (SSSR count). The molecular formula is C21H17ClN4O3. The van der Waals surface area contributed by atoms with Gasteiger partial charge in [0.2, 0.25) is 0 Å². The zero-order valence-electron chi connectivity index (χ0n) is 15.1. The van der Waals surface area contributed by atoms with Crippen LogP contribution in [0.3, 0.4) is 0 Å². The summed E-state index contributed by atoms with van der Waals surface area (Å²) in [6, 6.07) is 20.0. The fraction of sp³-hybridized carbons (Fsp3) is 0.0476. The van der Waals surface area contributed by atoms with Crippen LogP contribution in [0.2, 0.25) is 5.02 Å². The molecule has 29 heavy (non-hydrogen) atoms. The molecule has 0 aliphatic carbocycles. The highest BCUT2D eigenvalue weighted by atomic mass is 35.5. The molecule has 0 fully saturated rings. The summed E-state index contributed by atoms with van der Waals surface area (Å²) in [5.74, 6) is -0.746. The van der Waals surface area contributed by atoms with Crippen LogP contribution in [-0.2, 0) is 4.79 Å². The summed E-state index contributed by atoms with van der Waals surface area (Å²) in [5, 5.41) is 32.4. The summed E-state index contributed by atoms with van der Waals surface area (Å²) in [6.45, 7) is 0. The molecule has 0 radical (unpaired) electrons. The van der Waals surface area contributed by atoms with Crippen LogP contribution in [-0.4, -0.2) is 22.3 Å². The fourth-order valence-corrected chi connectivity index (χ4v) is 2.54. The molecule has 0 heterocycles. The number of phenolic OH excluding ortho intramolecular Hbond substituents is 1. The maximum atomic E-state index is 12.0. The van der Waals surface area contributed by atoms with Crippen molar-refractivity contribution in [1.82, 2.24) is 5.43 Å². The van der Waals surface area contributed by atoms with E-state index in [2.05, 4.69) is 20.8 Å². The van der Waals surface area contributed by atoms with E-state index in [-0.39, 0.29) is 5.75 Å². The highest BCUT2D eigenvalue weighted by Crippen LogP contribution is 2.27. The molecule has 0 bridgehead atoms. The molecule has 7 nitrogen and oxygen atoms in total. The van der Waals surface area contributed by atoms with Gasteiger partial charge in [0, 0.05) is 5.56 Å². The van der Waals surface area contributed by atoms with Crippen molar-refractivity contribution >= 4 is 35.1 Å². The van der Waals surface area contributed by atoms with Gasteiger partial charge in [-0.25, -0.2) is 5.43 Å². The summed E-state index contributed by atoms with van der Waals surface area (Å²) >= 11 is 6.04. The molecule has 3 aromatic carbocycles. The zero-order chi connectivity index (χ0) is 20.6. The third-order valence-corrected chi connectivity index (χ3v) is 4.20. The van der Waals surface area contributed by atoms with Gasteiger partial charge in [0.1, 0.15) is 11.4 Å². The Morgan fingerprint density at radius 2 is 1.72 bits per heavy atom. The molecule has 146 valence electrons. The van der Waals surface area contributed by atoms with Crippen LogP contribution in [0.5, 0.6) is 5.75 Å². The number of aromatic hydroxyl groups is 1. The second kappa shape index (κ2) is 9.59. The number of halogens is 1. The molecule has 3 N–H and O–H groups in total. The summed E-state index contributed by atoms with van der Waals surface area (Å²) in [7, 11) is 0. The molecule has 0 saturated carbocycles. The van der Waals surface area contributed by atoms with Crippen molar-refractivity contribution in [2.75, 3.05) is 0 Å². The Labute approximate surface area is 172 Å². The van der Waals surface area contributed by atoms with E-state index in [1.54, 1.807) is 66.7 Å². The van der Waals surface area contributed by atoms with Crippen molar-refractivity contribution in [3.63, 3.8) is 0 Å². The smallest absolute Gasteiger partial charge is 0.273 e. The van der Waals surface area contributed by atoms with Gasteiger partial charge in [-0.05, 0) is 35.9 Å². The van der Waals surface area contributed by atoms with Crippen molar-refractivity contribution in [3.05, 3.63) is 88.9 Å². The SMILES string of the molecule is O=C(N/N=C/c1cc(N=Nc2ccccc2Cl)ccc1O)C(O)c1ccccc1. The van der Waals surface area contributed by atoms with Gasteiger partial charge in [-0.3, -0.25) is 4.79 Å². The maximum Gasteiger partial charge on any atom is 0.273 e. The number of hydrazone groups is 1. The normalized spacial score (nSPS) is 12.3. The number of nitrogens with zero attached hydrogens (tertiary/aromatic N) is 3. The molecule has 0 saturated heterocycles. The van der Waals surface area contributed by atoms with Crippen LogP contribution < -0.4 is 5.43 Å². The molecule has 1 atom stereocenters. The fourth-order valence-electron chi connectivity index (χ4n) is 2.37. The summed E-state index contributed by atoms with van der Waals surface area (Å²) in [6.07, 6.45) is -0.0999. The first-order chi connectivity index (χ1) is 14.0. The van der Waals surface area contributed by atoms with Crippen molar-refractivity contribution in [2.45, 2.75) is 6.10 Å². The summed E-state index contributed by atoms with van der Waals surface area (Å²) < 4.78 is 0. The number of carbonyl (C=O) groups is 1. The highest BCUT2D eigenvalue weighted by Gasteiger charge is 2.16. The number of carbonyl (C=O) groups excluding carboxylic acids is 1. The Bertz CT molecular complexity index is 1050. The van der Waals surface area contributed by atoms with Crippen LogP contribution in [0.4, 0.5) is 11.4 Å². The van der Waals surface area contributed by atoms with Gasteiger partial charge >= 0.3 is 0 Å². The van der Waals surface area contributed by atoms with Gasteiger partial charge < -0.3 is 10.2 Å². The Kier molecular flexibility index (Phi) is 6.67. The number of amides is 1. The maximum absolute atomic E-state index is 12.0. The number of azo groups is 1. The van der Waals surface area contributed by atoms with Gasteiger partial charge in [-0.1, -0.05) is 54.1 Å². The van der Waals surface area contributed by atoms with Gasteiger partial charge in [0.15, 0.2) is 6.10 Å². The van der Waals surface area contributed by atoms with E-state index in [1.807, 2.05) is 0 Å². The lowest BCUT2D eigenvalue weighted by atomic mass is 10.1. The quantitative estimate of drug-likeness (QED) is 0.314. The molecule has 1 amide bonds. The van der Waals surface area contributed by atoms with E-state index in [9.17, 15) is 15.0 Å². The van der Waals surface area contributed by atoms with E-state index in [0.717, 1.165) is 0 Å². The summed E-state index contributed by atoms with van der Waals surface area (Å²) in [5.41, 5.74) is 3.98. The lowest BCUT2D eigenvalue weighted by Gasteiger charge is -2.08. The summed E-state index contributed by atoms with van der Waals surface area (Å²) in [4.78, 5) is 12.0. The minimum Gasteiger partial charge on any atom is -0.507 e. The average Bonchev–Trinajstić information content (AvgIpc) is 2.75. The van der Waals surface area contributed by atoms with Gasteiger partial charge in [0.25, 0.3) is 5.91 Å². The first-order valence-electron chi connectivity index (χ1n) is 8.60. The number of hydrogen-bond donors (Lipinski definition) is 3. The number of aliphatic hydroxyl groups is 1. The number of benzene rings is 3. The molecule has 0 aromatic heterocycles. The van der Waals surface area contributed by atoms with Crippen molar-refractivity contribution in [1.29, 1.82) is 0 Å². The highest BCUT2D eigenvalue weighted by molar-refractivity contribution is 6.32. The first-order valence-corrected chi connectivity index (χ1v) is 8.97. The second-order valence-corrected chi connectivity index (χ2v) is 6.35. The molecule has 0 spiro atoms. The van der Waals surface area contributed by atoms with Crippen molar-refractivity contribution in [3.8, 4) is 5.75 Å². The van der Waals surface area contributed by atoms with Crippen molar-refractivity contribution in [2.24, 2.45) is 15.3 Å². The number of hydrogen-bond acceptors (Lipinski definition) is 6. The minimum atomic E-state index is -1.35. The van der Waals surface area contributed by atoms with Crippen molar-refractivity contribution < 1.29 is 15.0 Å². The van der Waals surface area contributed by atoms with Gasteiger partial charge in [0.05, 0.1) is 16.9 Å². The van der Waals surface area contributed by atoms with Crippen LogP contribution in [0.15, 0.2) is 88.1 Å². The van der Waals surface area contributed by atoms with E-state index in [0.29, 0.717) is 27.5 Å². The number of rotatable bonds is 6. The van der Waals surface area contributed by atoms with Crippen LogP contribution in [0.25, 0.3) is 0 Å². The first kappa shape index (κ1) is 20.2. The topological polar surface area (TPSA) is 107 Å². The minimum absolute atomic E-state index is 0.0525. The third-order valence-electron chi connectivity index (χ3n) is 3.88. The predicted octanol–water partition coefficient (Wildman–Crippen LogP) is 4.64.